The van der Waals surface area contributed by atoms with Crippen LogP contribution in [0.1, 0.15) is 10.5 Å². The maximum absolute atomic E-state index is 10.9. The zero-order valence-electron chi connectivity index (χ0n) is 7.97. The van der Waals surface area contributed by atoms with Gasteiger partial charge in [-0.1, -0.05) is 30.3 Å². The van der Waals surface area contributed by atoms with E-state index < -0.39 is 5.91 Å². The summed E-state index contributed by atoms with van der Waals surface area (Å²) in [5.74, 6) is -0.562. The molecule has 0 fully saturated rings. The van der Waals surface area contributed by atoms with E-state index >= 15 is 0 Å². The summed E-state index contributed by atoms with van der Waals surface area (Å²) < 4.78 is 0. The van der Waals surface area contributed by atoms with Crippen LogP contribution in [0, 0.1) is 6.07 Å². The van der Waals surface area contributed by atoms with Crippen molar-refractivity contribution in [3.8, 4) is 11.1 Å². The van der Waals surface area contributed by atoms with Crippen molar-refractivity contribution in [1.29, 1.82) is 0 Å². The lowest BCUT2D eigenvalue weighted by Crippen LogP contribution is -2.12. The molecular formula is C12H9N2O. The van der Waals surface area contributed by atoms with Gasteiger partial charge in [0.05, 0.1) is 0 Å². The Labute approximate surface area is 87.6 Å². The van der Waals surface area contributed by atoms with Crippen LogP contribution in [0.5, 0.6) is 0 Å². The molecule has 0 atom stereocenters. The molecule has 3 heteroatoms. The summed E-state index contributed by atoms with van der Waals surface area (Å²) in [7, 11) is 0. The van der Waals surface area contributed by atoms with Gasteiger partial charge >= 0.3 is 0 Å². The maximum Gasteiger partial charge on any atom is 0.267 e. The largest absolute Gasteiger partial charge is 0.364 e. The van der Waals surface area contributed by atoms with Gasteiger partial charge in [0, 0.05) is 12.3 Å². The lowest BCUT2D eigenvalue weighted by molar-refractivity contribution is 0.0995. The summed E-state index contributed by atoms with van der Waals surface area (Å²) >= 11 is 0. The van der Waals surface area contributed by atoms with E-state index in [0.717, 1.165) is 11.1 Å². The molecule has 1 aromatic heterocycles. The van der Waals surface area contributed by atoms with E-state index in [1.54, 1.807) is 12.3 Å². The molecule has 0 saturated heterocycles. The second-order valence-electron chi connectivity index (χ2n) is 3.06. The van der Waals surface area contributed by atoms with Crippen LogP contribution < -0.4 is 5.73 Å². The molecule has 1 amide bonds. The molecule has 0 unspecified atom stereocenters. The first-order chi connectivity index (χ1) is 7.27. The van der Waals surface area contributed by atoms with Crippen LogP contribution in [0.15, 0.2) is 42.6 Å². The van der Waals surface area contributed by atoms with Crippen LogP contribution in [0.25, 0.3) is 11.1 Å². The standard InChI is InChI=1S/C12H9N2O/c13-12(15)11-8-10(6-7-14-11)9-4-2-1-3-5-9/h1-7H,(H2,13,15). The van der Waals surface area contributed by atoms with Crippen LogP contribution in [-0.4, -0.2) is 10.9 Å². The molecule has 0 bridgehead atoms. The van der Waals surface area contributed by atoms with Crippen molar-refractivity contribution < 1.29 is 4.79 Å². The number of rotatable bonds is 2. The van der Waals surface area contributed by atoms with Gasteiger partial charge in [0.25, 0.3) is 5.91 Å². The second kappa shape index (κ2) is 3.92. The number of hydrogen-bond donors (Lipinski definition) is 1. The zero-order valence-corrected chi connectivity index (χ0v) is 7.97. The van der Waals surface area contributed by atoms with Gasteiger partial charge in [-0.15, -0.1) is 0 Å². The molecule has 1 radical (unpaired) electrons. The summed E-state index contributed by atoms with van der Waals surface area (Å²) in [5, 5.41) is 0. The van der Waals surface area contributed by atoms with Gasteiger partial charge in [-0.05, 0) is 17.2 Å². The predicted molar refractivity (Wildman–Crippen MR) is 57.0 cm³/mol. The Morgan fingerprint density at radius 1 is 1.20 bits per heavy atom. The number of carbonyl (C=O) groups excluding carboxylic acids is 1. The number of nitrogens with zero attached hydrogens (tertiary/aromatic N) is 1. The summed E-state index contributed by atoms with van der Waals surface area (Å²) in [6.45, 7) is 0. The highest BCUT2D eigenvalue weighted by atomic mass is 16.1. The fourth-order valence-corrected chi connectivity index (χ4v) is 1.30. The first kappa shape index (κ1) is 9.40. The summed E-state index contributed by atoms with van der Waals surface area (Å²) in [5.41, 5.74) is 7.10. The highest BCUT2D eigenvalue weighted by Crippen LogP contribution is 2.17. The molecule has 15 heavy (non-hydrogen) atoms. The number of primary amides is 1. The normalized spacial score (nSPS) is 9.87. The SMILES string of the molecule is NC(=O)c1[c]c(-c2ccccc2)ccn1. The predicted octanol–water partition coefficient (Wildman–Crippen LogP) is 1.65. The lowest BCUT2D eigenvalue weighted by Gasteiger charge is -2.01. The van der Waals surface area contributed by atoms with E-state index in [0.29, 0.717) is 0 Å². The third-order valence-corrected chi connectivity index (χ3v) is 2.02. The monoisotopic (exact) mass is 197 g/mol. The van der Waals surface area contributed by atoms with Gasteiger partial charge in [-0.25, -0.2) is 0 Å². The van der Waals surface area contributed by atoms with Crippen molar-refractivity contribution in [3.05, 3.63) is 54.4 Å². The molecule has 0 aliphatic carbocycles. The number of amides is 1. The average Bonchev–Trinajstić information content (AvgIpc) is 2.30. The van der Waals surface area contributed by atoms with Crippen LogP contribution in [0.2, 0.25) is 0 Å². The highest BCUT2D eigenvalue weighted by molar-refractivity contribution is 5.91. The minimum atomic E-state index is -0.562. The molecule has 3 nitrogen and oxygen atoms in total. The summed E-state index contributed by atoms with van der Waals surface area (Å²) in [6, 6.07) is 14.3. The van der Waals surface area contributed by atoms with Crippen LogP contribution in [0.3, 0.4) is 0 Å². The van der Waals surface area contributed by atoms with Crippen molar-refractivity contribution in [1.82, 2.24) is 4.98 Å². The Balaban J connectivity index is 2.46. The van der Waals surface area contributed by atoms with E-state index in [1.165, 1.54) is 0 Å². The lowest BCUT2D eigenvalue weighted by atomic mass is 10.1. The number of benzene rings is 1. The summed E-state index contributed by atoms with van der Waals surface area (Å²) in [4.78, 5) is 14.7. The Kier molecular flexibility index (Phi) is 2.46. The molecule has 0 aliphatic heterocycles. The first-order valence-electron chi connectivity index (χ1n) is 4.51. The number of hydrogen-bond acceptors (Lipinski definition) is 2. The molecular weight excluding hydrogens is 188 g/mol. The minimum absolute atomic E-state index is 0.163. The van der Waals surface area contributed by atoms with Gasteiger partial charge < -0.3 is 5.73 Å². The zero-order chi connectivity index (χ0) is 10.7. The van der Waals surface area contributed by atoms with E-state index in [2.05, 4.69) is 11.1 Å². The van der Waals surface area contributed by atoms with Crippen molar-refractivity contribution in [2.45, 2.75) is 0 Å². The van der Waals surface area contributed by atoms with Crippen LogP contribution >= 0.6 is 0 Å². The molecule has 2 aromatic rings. The number of pyridine rings is 1. The topological polar surface area (TPSA) is 56.0 Å². The third kappa shape index (κ3) is 2.02. The number of aromatic nitrogens is 1. The van der Waals surface area contributed by atoms with E-state index in [1.807, 2.05) is 30.3 Å². The molecule has 0 aliphatic rings. The van der Waals surface area contributed by atoms with E-state index in [9.17, 15) is 4.79 Å². The first-order valence-corrected chi connectivity index (χ1v) is 4.51. The molecule has 73 valence electrons. The van der Waals surface area contributed by atoms with Gasteiger partial charge in [0.2, 0.25) is 0 Å². The molecule has 2 N–H and O–H groups in total. The van der Waals surface area contributed by atoms with E-state index in [-0.39, 0.29) is 5.69 Å². The van der Waals surface area contributed by atoms with Crippen LogP contribution in [0.4, 0.5) is 0 Å². The van der Waals surface area contributed by atoms with Gasteiger partial charge in [0.15, 0.2) is 0 Å². The van der Waals surface area contributed by atoms with Gasteiger partial charge in [-0.3, -0.25) is 9.78 Å². The fourth-order valence-electron chi connectivity index (χ4n) is 1.30. The average molecular weight is 197 g/mol. The Morgan fingerprint density at radius 3 is 2.60 bits per heavy atom. The minimum Gasteiger partial charge on any atom is -0.364 e. The third-order valence-electron chi connectivity index (χ3n) is 2.02. The van der Waals surface area contributed by atoms with Crippen molar-refractivity contribution in [2.75, 3.05) is 0 Å². The van der Waals surface area contributed by atoms with Crippen molar-refractivity contribution >= 4 is 5.91 Å². The molecule has 1 aromatic carbocycles. The molecule has 1 heterocycles. The van der Waals surface area contributed by atoms with E-state index in [4.69, 9.17) is 5.73 Å². The number of carbonyl (C=O) groups is 1. The second-order valence-corrected chi connectivity index (χ2v) is 3.06. The molecule has 2 rings (SSSR count). The smallest absolute Gasteiger partial charge is 0.267 e. The highest BCUT2D eigenvalue weighted by Gasteiger charge is 2.04. The van der Waals surface area contributed by atoms with Crippen LogP contribution in [-0.2, 0) is 0 Å². The maximum atomic E-state index is 10.9. The molecule has 0 spiro atoms. The fraction of sp³-hybridized carbons (Fsp3) is 0. The van der Waals surface area contributed by atoms with Gasteiger partial charge in [0.1, 0.15) is 5.69 Å². The number of nitrogens with two attached hydrogens (primary N) is 1. The Morgan fingerprint density at radius 2 is 1.93 bits per heavy atom. The van der Waals surface area contributed by atoms with Crippen molar-refractivity contribution in [3.63, 3.8) is 0 Å². The Hall–Kier alpha value is -2.16. The quantitative estimate of drug-likeness (QED) is 0.795. The molecule has 0 saturated carbocycles. The summed E-state index contributed by atoms with van der Waals surface area (Å²) in [6.07, 6.45) is 1.55. The Bertz CT molecular complexity index is 480. The van der Waals surface area contributed by atoms with Crippen molar-refractivity contribution in [2.24, 2.45) is 5.73 Å². The van der Waals surface area contributed by atoms with Gasteiger partial charge in [-0.2, -0.15) is 0 Å².